The number of carboxylic acid groups (broad SMARTS) is 1. The number of amides is 2. The minimum Gasteiger partial charge on any atom is -0.480 e. The number of methoxy groups -OCH3 is 1. The zero-order valence-electron chi connectivity index (χ0n) is 12.4. The van der Waals surface area contributed by atoms with Crippen LogP contribution in [0.1, 0.15) is 26.7 Å². The van der Waals surface area contributed by atoms with Crippen LogP contribution in [0, 0.1) is 5.92 Å². The summed E-state index contributed by atoms with van der Waals surface area (Å²) in [6.07, 6.45) is 3.16. The van der Waals surface area contributed by atoms with Gasteiger partial charge in [-0.2, -0.15) is 0 Å². The number of hydrogen-bond donors (Lipinski definition) is 2. The summed E-state index contributed by atoms with van der Waals surface area (Å²) in [5.41, 5.74) is 1.17. The fraction of sp³-hybridized carbons (Fsp3) is 0.714. The molecule has 1 heterocycles. The average Bonchev–Trinajstić information content (AvgIpc) is 2.38. The lowest BCUT2D eigenvalue weighted by Gasteiger charge is -2.28. The Labute approximate surface area is 119 Å². The number of nitrogens with one attached hydrogen (secondary N) is 1. The normalized spacial score (nSPS) is 16.8. The third kappa shape index (κ3) is 5.21. The summed E-state index contributed by atoms with van der Waals surface area (Å²) in [4.78, 5) is 24.8. The average molecular weight is 284 g/mol. The minimum atomic E-state index is -0.986. The molecule has 1 aliphatic rings. The van der Waals surface area contributed by atoms with E-state index in [1.54, 1.807) is 12.0 Å². The van der Waals surface area contributed by atoms with E-state index in [4.69, 9.17) is 9.84 Å². The Kier molecular flexibility index (Phi) is 6.51. The molecule has 0 saturated heterocycles. The van der Waals surface area contributed by atoms with Gasteiger partial charge in [0.05, 0.1) is 6.61 Å². The zero-order valence-corrected chi connectivity index (χ0v) is 12.4. The van der Waals surface area contributed by atoms with Crippen LogP contribution < -0.4 is 5.32 Å². The van der Waals surface area contributed by atoms with Gasteiger partial charge in [-0.15, -0.1) is 0 Å². The molecule has 0 aliphatic carbocycles. The number of carbonyl (C=O) groups excluding carboxylic acids is 1. The summed E-state index contributed by atoms with van der Waals surface area (Å²) in [6, 6.07) is -1.14. The van der Waals surface area contributed by atoms with E-state index in [0.717, 1.165) is 6.42 Å². The monoisotopic (exact) mass is 284 g/mol. The minimum absolute atomic E-state index is 0.214. The second-order valence-electron chi connectivity index (χ2n) is 5.46. The first kappa shape index (κ1) is 16.5. The van der Waals surface area contributed by atoms with Crippen LogP contribution in [0.5, 0.6) is 0 Å². The first-order valence-corrected chi connectivity index (χ1v) is 6.89. The van der Waals surface area contributed by atoms with Gasteiger partial charge < -0.3 is 20.1 Å². The number of nitrogens with zero attached hydrogens (tertiary/aromatic N) is 1. The van der Waals surface area contributed by atoms with Crippen LogP contribution in [-0.2, 0) is 9.53 Å². The summed E-state index contributed by atoms with van der Waals surface area (Å²) in [5, 5.41) is 11.7. The number of carboxylic acids is 1. The highest BCUT2D eigenvalue weighted by atomic mass is 16.5. The lowest BCUT2D eigenvalue weighted by molar-refractivity contribution is -0.139. The summed E-state index contributed by atoms with van der Waals surface area (Å²) in [6.45, 7) is 5.54. The van der Waals surface area contributed by atoms with Gasteiger partial charge in [0.2, 0.25) is 0 Å². The number of aliphatic carboxylic acids is 1. The molecule has 0 aromatic carbocycles. The van der Waals surface area contributed by atoms with E-state index in [0.29, 0.717) is 26.1 Å². The molecule has 0 fully saturated rings. The van der Waals surface area contributed by atoms with Crippen molar-refractivity contribution in [2.75, 3.05) is 26.8 Å². The van der Waals surface area contributed by atoms with Crippen LogP contribution in [-0.4, -0.2) is 54.9 Å². The SMILES string of the molecule is COCC1=CCN(C(=O)N[C@@H](CC(C)C)C(=O)O)CC1. The highest BCUT2D eigenvalue weighted by molar-refractivity contribution is 5.82. The van der Waals surface area contributed by atoms with Gasteiger partial charge in [-0.05, 0) is 24.3 Å². The molecule has 2 N–H and O–H groups in total. The molecule has 0 unspecified atom stereocenters. The first-order valence-electron chi connectivity index (χ1n) is 6.89. The predicted molar refractivity (Wildman–Crippen MR) is 75.6 cm³/mol. The molecule has 0 aromatic heterocycles. The molecule has 114 valence electrons. The Morgan fingerprint density at radius 3 is 2.65 bits per heavy atom. The van der Waals surface area contributed by atoms with E-state index in [-0.39, 0.29) is 11.9 Å². The van der Waals surface area contributed by atoms with Crippen LogP contribution in [0.25, 0.3) is 0 Å². The van der Waals surface area contributed by atoms with Gasteiger partial charge in [-0.3, -0.25) is 0 Å². The van der Waals surface area contributed by atoms with Gasteiger partial charge >= 0.3 is 12.0 Å². The molecule has 1 atom stereocenters. The molecular formula is C14H24N2O4. The molecule has 0 bridgehead atoms. The molecule has 1 rings (SSSR count). The van der Waals surface area contributed by atoms with E-state index in [1.165, 1.54) is 5.57 Å². The summed E-state index contributed by atoms with van der Waals surface area (Å²) >= 11 is 0. The van der Waals surface area contributed by atoms with E-state index in [2.05, 4.69) is 5.32 Å². The van der Waals surface area contributed by atoms with Gasteiger partial charge in [0.1, 0.15) is 6.04 Å². The predicted octanol–water partition coefficient (Wildman–Crippen LogP) is 1.47. The van der Waals surface area contributed by atoms with Crippen LogP contribution in [0.15, 0.2) is 11.6 Å². The summed E-state index contributed by atoms with van der Waals surface area (Å²) < 4.78 is 5.05. The number of hydrogen-bond acceptors (Lipinski definition) is 3. The Bertz CT molecular complexity index is 379. The number of urea groups is 1. The van der Waals surface area contributed by atoms with Crippen LogP contribution >= 0.6 is 0 Å². The van der Waals surface area contributed by atoms with Crippen molar-refractivity contribution in [3.8, 4) is 0 Å². The Hall–Kier alpha value is -1.56. The molecule has 1 aliphatic heterocycles. The highest BCUT2D eigenvalue weighted by Crippen LogP contribution is 2.12. The fourth-order valence-corrected chi connectivity index (χ4v) is 2.15. The lowest BCUT2D eigenvalue weighted by atomic mass is 10.0. The number of rotatable bonds is 6. The third-order valence-electron chi connectivity index (χ3n) is 3.22. The molecule has 0 radical (unpaired) electrons. The van der Waals surface area contributed by atoms with E-state index in [1.807, 2.05) is 19.9 Å². The van der Waals surface area contributed by atoms with Gasteiger partial charge in [0.15, 0.2) is 0 Å². The summed E-state index contributed by atoms with van der Waals surface area (Å²) in [7, 11) is 1.64. The highest BCUT2D eigenvalue weighted by Gasteiger charge is 2.24. The molecule has 20 heavy (non-hydrogen) atoms. The smallest absolute Gasteiger partial charge is 0.326 e. The fourth-order valence-electron chi connectivity index (χ4n) is 2.15. The standard InChI is InChI=1S/C14H24N2O4/c1-10(2)8-12(13(17)18)15-14(19)16-6-4-11(5-7-16)9-20-3/h4,10,12H,5-9H2,1-3H3,(H,15,19)(H,17,18)/t12-/m0/s1. The Balaban J connectivity index is 2.52. The number of carbonyl (C=O) groups is 2. The Morgan fingerprint density at radius 2 is 2.20 bits per heavy atom. The topological polar surface area (TPSA) is 78.9 Å². The van der Waals surface area contributed by atoms with Crippen molar-refractivity contribution in [2.24, 2.45) is 5.92 Å². The van der Waals surface area contributed by atoms with Crippen molar-refractivity contribution in [2.45, 2.75) is 32.7 Å². The van der Waals surface area contributed by atoms with Crippen LogP contribution in [0.4, 0.5) is 4.79 Å². The largest absolute Gasteiger partial charge is 0.480 e. The molecule has 0 spiro atoms. The van der Waals surface area contributed by atoms with Crippen molar-refractivity contribution < 1.29 is 19.4 Å². The summed E-state index contributed by atoms with van der Waals surface area (Å²) in [5.74, 6) is -0.773. The van der Waals surface area contributed by atoms with Gasteiger partial charge in [0, 0.05) is 20.2 Å². The molecular weight excluding hydrogens is 260 g/mol. The molecule has 6 nitrogen and oxygen atoms in total. The van der Waals surface area contributed by atoms with Crippen molar-refractivity contribution >= 4 is 12.0 Å². The molecule has 6 heteroatoms. The maximum Gasteiger partial charge on any atom is 0.326 e. The van der Waals surface area contributed by atoms with Crippen LogP contribution in [0.2, 0.25) is 0 Å². The number of ether oxygens (including phenoxy) is 1. The molecule has 0 saturated carbocycles. The Morgan fingerprint density at radius 1 is 1.50 bits per heavy atom. The quantitative estimate of drug-likeness (QED) is 0.724. The van der Waals surface area contributed by atoms with Crippen molar-refractivity contribution in [1.29, 1.82) is 0 Å². The van der Waals surface area contributed by atoms with Crippen molar-refractivity contribution in [3.05, 3.63) is 11.6 Å². The van der Waals surface area contributed by atoms with Gasteiger partial charge in [-0.25, -0.2) is 9.59 Å². The van der Waals surface area contributed by atoms with Crippen molar-refractivity contribution in [1.82, 2.24) is 10.2 Å². The van der Waals surface area contributed by atoms with E-state index >= 15 is 0 Å². The lowest BCUT2D eigenvalue weighted by Crippen LogP contribution is -2.49. The first-order chi connectivity index (χ1) is 9.43. The van der Waals surface area contributed by atoms with E-state index in [9.17, 15) is 9.59 Å². The second-order valence-corrected chi connectivity index (χ2v) is 5.46. The molecule has 2 amide bonds. The maximum atomic E-state index is 12.0. The van der Waals surface area contributed by atoms with Gasteiger partial charge in [-0.1, -0.05) is 19.9 Å². The van der Waals surface area contributed by atoms with Gasteiger partial charge in [0.25, 0.3) is 0 Å². The second kappa shape index (κ2) is 7.89. The third-order valence-corrected chi connectivity index (χ3v) is 3.22. The van der Waals surface area contributed by atoms with Crippen molar-refractivity contribution in [3.63, 3.8) is 0 Å². The molecule has 0 aromatic rings. The zero-order chi connectivity index (χ0) is 15.1. The van der Waals surface area contributed by atoms with Crippen LogP contribution in [0.3, 0.4) is 0 Å². The maximum absolute atomic E-state index is 12.0. The van der Waals surface area contributed by atoms with E-state index < -0.39 is 12.0 Å².